The molecule has 0 spiro atoms. The molecule has 1 aliphatic rings. The quantitative estimate of drug-likeness (QED) is 0.847. The van der Waals surface area contributed by atoms with Crippen molar-refractivity contribution in [3.05, 3.63) is 41.7 Å². The Kier molecular flexibility index (Phi) is 4.25. The highest BCUT2D eigenvalue weighted by molar-refractivity contribution is 8.00. The summed E-state index contributed by atoms with van der Waals surface area (Å²) in [7, 11) is 0. The Hall–Kier alpha value is -1.75. The van der Waals surface area contributed by atoms with E-state index in [0.29, 0.717) is 17.5 Å². The van der Waals surface area contributed by atoms with Gasteiger partial charge in [-0.05, 0) is 38.5 Å². The van der Waals surface area contributed by atoms with Crippen molar-refractivity contribution in [2.75, 3.05) is 11.4 Å². The number of aryl methyl sites for hydroxylation is 2. The minimum absolute atomic E-state index is 0.0459. The van der Waals surface area contributed by atoms with E-state index in [1.165, 1.54) is 4.90 Å². The maximum atomic E-state index is 13.1. The largest absolute Gasteiger partial charge is 0.306 e. The molecule has 1 aromatic heterocycles. The van der Waals surface area contributed by atoms with Crippen LogP contribution in [0.4, 0.5) is 5.69 Å². The van der Waals surface area contributed by atoms with E-state index in [1.54, 1.807) is 4.68 Å². The van der Waals surface area contributed by atoms with Gasteiger partial charge in [-0.2, -0.15) is 5.10 Å². The van der Waals surface area contributed by atoms with Crippen LogP contribution in [-0.4, -0.2) is 27.5 Å². The summed E-state index contributed by atoms with van der Waals surface area (Å²) in [5, 5.41) is 4.91. The van der Waals surface area contributed by atoms with E-state index in [0.717, 1.165) is 24.3 Å². The Bertz CT molecular complexity index is 695. The maximum absolute atomic E-state index is 13.1. The minimum atomic E-state index is 0.0459. The average molecular weight is 315 g/mol. The lowest BCUT2D eigenvalue weighted by Crippen LogP contribution is -2.33. The summed E-state index contributed by atoms with van der Waals surface area (Å²) in [4.78, 5) is 16.2. The van der Waals surface area contributed by atoms with E-state index in [4.69, 9.17) is 0 Å². The third-order valence-corrected chi connectivity index (χ3v) is 5.15. The first-order valence-corrected chi connectivity index (χ1v) is 8.60. The molecule has 0 bridgehead atoms. The Balaban J connectivity index is 2.01. The van der Waals surface area contributed by atoms with Gasteiger partial charge in [-0.1, -0.05) is 19.1 Å². The van der Waals surface area contributed by atoms with Crippen LogP contribution < -0.4 is 4.90 Å². The van der Waals surface area contributed by atoms with Gasteiger partial charge in [-0.25, -0.2) is 0 Å². The highest BCUT2D eigenvalue weighted by Gasteiger charge is 2.27. The van der Waals surface area contributed by atoms with Crippen molar-refractivity contribution in [3.63, 3.8) is 0 Å². The van der Waals surface area contributed by atoms with Crippen LogP contribution >= 0.6 is 11.8 Å². The first-order valence-electron chi connectivity index (χ1n) is 7.72. The Morgan fingerprint density at radius 1 is 1.41 bits per heavy atom. The summed E-state index contributed by atoms with van der Waals surface area (Å²) < 4.78 is 1.79. The molecule has 0 fully saturated rings. The Labute approximate surface area is 135 Å². The number of anilines is 1. The topological polar surface area (TPSA) is 38.1 Å². The van der Waals surface area contributed by atoms with E-state index in [1.807, 2.05) is 54.8 Å². The van der Waals surface area contributed by atoms with Gasteiger partial charge in [-0.3, -0.25) is 9.48 Å². The molecule has 116 valence electrons. The fourth-order valence-electron chi connectivity index (χ4n) is 2.79. The smallest absolute Gasteiger partial charge is 0.276 e. The number of hydrogen-bond acceptors (Lipinski definition) is 3. The van der Waals surface area contributed by atoms with Crippen molar-refractivity contribution in [3.8, 4) is 0 Å². The second-order valence-electron chi connectivity index (χ2n) is 5.63. The second-order valence-corrected chi connectivity index (χ2v) is 7.11. The number of para-hydroxylation sites is 1. The molecular weight excluding hydrogens is 294 g/mol. The molecule has 4 nitrogen and oxygen atoms in total. The molecule has 0 saturated heterocycles. The highest BCUT2D eigenvalue weighted by atomic mass is 32.2. The zero-order valence-corrected chi connectivity index (χ0v) is 14.1. The van der Waals surface area contributed by atoms with E-state index < -0.39 is 0 Å². The van der Waals surface area contributed by atoms with Gasteiger partial charge in [0.15, 0.2) is 0 Å². The number of rotatable bonds is 2. The van der Waals surface area contributed by atoms with E-state index in [-0.39, 0.29) is 5.91 Å². The van der Waals surface area contributed by atoms with Crippen LogP contribution in [0.3, 0.4) is 0 Å². The van der Waals surface area contributed by atoms with Gasteiger partial charge in [-0.15, -0.1) is 11.8 Å². The molecule has 1 amide bonds. The van der Waals surface area contributed by atoms with E-state index in [2.05, 4.69) is 18.1 Å². The van der Waals surface area contributed by atoms with Gasteiger partial charge in [0.25, 0.3) is 5.91 Å². The van der Waals surface area contributed by atoms with Crippen LogP contribution in [0.15, 0.2) is 35.2 Å². The van der Waals surface area contributed by atoms with Crippen LogP contribution in [0.5, 0.6) is 0 Å². The predicted octanol–water partition coefficient (Wildman–Crippen LogP) is 3.74. The fraction of sp³-hybridized carbons (Fsp3) is 0.412. The summed E-state index contributed by atoms with van der Waals surface area (Å²) in [5.74, 6) is 0.0459. The van der Waals surface area contributed by atoms with Gasteiger partial charge in [0.2, 0.25) is 0 Å². The second kappa shape index (κ2) is 6.16. The number of carbonyl (C=O) groups is 1. The number of aromatic nitrogens is 2. The van der Waals surface area contributed by atoms with Gasteiger partial charge < -0.3 is 4.90 Å². The maximum Gasteiger partial charge on any atom is 0.276 e. The summed E-state index contributed by atoms with van der Waals surface area (Å²) in [5.41, 5.74) is 2.58. The molecule has 0 radical (unpaired) electrons. The molecule has 0 saturated carbocycles. The van der Waals surface area contributed by atoms with Crippen molar-refractivity contribution < 1.29 is 4.79 Å². The molecule has 0 N–H and O–H groups in total. The van der Waals surface area contributed by atoms with Crippen LogP contribution in [0.25, 0.3) is 0 Å². The standard InChI is InChI=1S/C17H21N3OS/c1-4-20-15(11-12(2)18-20)17(21)19-10-9-13(3)22-16-8-6-5-7-14(16)19/h5-8,11,13H,4,9-10H2,1-3H3. The Morgan fingerprint density at radius 2 is 2.18 bits per heavy atom. The number of thioether (sulfide) groups is 1. The molecule has 0 aliphatic carbocycles. The zero-order valence-electron chi connectivity index (χ0n) is 13.2. The number of hydrogen-bond donors (Lipinski definition) is 0. The molecule has 2 aromatic rings. The normalized spacial score (nSPS) is 18.0. The van der Waals surface area contributed by atoms with Crippen LogP contribution in [0.2, 0.25) is 0 Å². The lowest BCUT2D eigenvalue weighted by atomic mass is 10.2. The number of carbonyl (C=O) groups excluding carboxylic acids is 1. The molecule has 3 rings (SSSR count). The monoisotopic (exact) mass is 315 g/mol. The van der Waals surface area contributed by atoms with Crippen molar-refractivity contribution in [1.29, 1.82) is 0 Å². The molecule has 1 aliphatic heterocycles. The summed E-state index contributed by atoms with van der Waals surface area (Å²) in [6.07, 6.45) is 0.990. The number of nitrogens with zero attached hydrogens (tertiary/aromatic N) is 3. The van der Waals surface area contributed by atoms with E-state index in [9.17, 15) is 4.79 Å². The lowest BCUT2D eigenvalue weighted by molar-refractivity contribution is 0.0976. The molecule has 1 atom stereocenters. The molecule has 5 heteroatoms. The zero-order chi connectivity index (χ0) is 15.7. The fourth-order valence-corrected chi connectivity index (χ4v) is 3.91. The lowest BCUT2D eigenvalue weighted by Gasteiger charge is -2.22. The molecule has 2 heterocycles. The SMILES string of the molecule is CCn1nc(C)cc1C(=O)N1CCC(C)Sc2ccccc21. The first-order chi connectivity index (χ1) is 10.6. The van der Waals surface area contributed by atoms with Crippen LogP contribution in [0, 0.1) is 6.92 Å². The summed E-state index contributed by atoms with van der Waals surface area (Å²) >= 11 is 1.85. The van der Waals surface area contributed by atoms with Gasteiger partial charge >= 0.3 is 0 Å². The van der Waals surface area contributed by atoms with Crippen LogP contribution in [0.1, 0.15) is 36.5 Å². The molecular formula is C17H21N3OS. The summed E-state index contributed by atoms with van der Waals surface area (Å²) in [6.45, 7) is 7.61. The minimum Gasteiger partial charge on any atom is -0.306 e. The van der Waals surface area contributed by atoms with Crippen molar-refractivity contribution in [2.45, 2.75) is 43.9 Å². The van der Waals surface area contributed by atoms with Crippen LogP contribution in [-0.2, 0) is 6.54 Å². The highest BCUT2D eigenvalue weighted by Crippen LogP contribution is 2.37. The van der Waals surface area contributed by atoms with Crippen molar-refractivity contribution in [1.82, 2.24) is 9.78 Å². The number of amides is 1. The molecule has 1 unspecified atom stereocenters. The molecule has 22 heavy (non-hydrogen) atoms. The van der Waals surface area contributed by atoms with Crippen molar-refractivity contribution in [2.24, 2.45) is 0 Å². The van der Waals surface area contributed by atoms with Crippen molar-refractivity contribution >= 4 is 23.4 Å². The Morgan fingerprint density at radius 3 is 2.95 bits per heavy atom. The summed E-state index contributed by atoms with van der Waals surface area (Å²) in [6, 6.07) is 10.1. The van der Waals surface area contributed by atoms with Gasteiger partial charge in [0.05, 0.1) is 11.4 Å². The predicted molar refractivity (Wildman–Crippen MR) is 90.7 cm³/mol. The van der Waals surface area contributed by atoms with Gasteiger partial charge in [0.1, 0.15) is 5.69 Å². The van der Waals surface area contributed by atoms with Gasteiger partial charge in [0, 0.05) is 23.2 Å². The van der Waals surface area contributed by atoms with E-state index >= 15 is 0 Å². The third-order valence-electron chi connectivity index (χ3n) is 3.91. The first kappa shape index (κ1) is 15.2. The average Bonchev–Trinajstić information content (AvgIpc) is 2.80. The number of benzene rings is 1. The molecule has 1 aromatic carbocycles. The number of fused-ring (bicyclic) bond motifs is 1. The third kappa shape index (κ3) is 2.77.